The van der Waals surface area contributed by atoms with Gasteiger partial charge in [0.25, 0.3) is 5.91 Å². The zero-order valence-electron chi connectivity index (χ0n) is 14.0. The predicted molar refractivity (Wildman–Crippen MR) is 95.0 cm³/mol. The van der Waals surface area contributed by atoms with Crippen LogP contribution in [0.5, 0.6) is 5.75 Å². The standard InChI is InChI=1S/C16H21BrN2O5S/c1-23-14-5-4-12(11-13(14)17)25(21,22)19-8-6-18(7-9-19)16(20)15-3-2-10-24-15/h4-5,11,15H,2-3,6-10H2,1H3. The third-order valence-electron chi connectivity index (χ3n) is 4.52. The molecular formula is C16H21BrN2O5S. The van der Waals surface area contributed by atoms with Crippen LogP contribution in [0.3, 0.4) is 0 Å². The molecule has 3 rings (SSSR count). The molecule has 1 amide bonds. The summed E-state index contributed by atoms with van der Waals surface area (Å²) in [4.78, 5) is 14.3. The molecule has 1 aromatic rings. The molecule has 0 saturated carbocycles. The van der Waals surface area contributed by atoms with E-state index in [2.05, 4.69) is 15.9 Å². The lowest BCUT2D eigenvalue weighted by molar-refractivity contribution is -0.142. The first kappa shape index (κ1) is 18.6. The highest BCUT2D eigenvalue weighted by Crippen LogP contribution is 2.29. The lowest BCUT2D eigenvalue weighted by atomic mass is 10.2. The summed E-state index contributed by atoms with van der Waals surface area (Å²) in [5, 5.41) is 0. The van der Waals surface area contributed by atoms with Gasteiger partial charge in [-0.1, -0.05) is 0 Å². The van der Waals surface area contributed by atoms with E-state index in [4.69, 9.17) is 9.47 Å². The van der Waals surface area contributed by atoms with E-state index in [-0.39, 0.29) is 30.0 Å². The number of hydrogen-bond donors (Lipinski definition) is 0. The van der Waals surface area contributed by atoms with Gasteiger partial charge >= 0.3 is 0 Å². The van der Waals surface area contributed by atoms with Crippen molar-refractivity contribution in [3.8, 4) is 5.75 Å². The third kappa shape index (κ3) is 3.84. The number of rotatable bonds is 4. The molecule has 138 valence electrons. The van der Waals surface area contributed by atoms with Crippen molar-refractivity contribution in [3.63, 3.8) is 0 Å². The minimum atomic E-state index is -3.60. The number of sulfonamides is 1. The summed E-state index contributed by atoms with van der Waals surface area (Å²) in [6.45, 7) is 1.95. The molecule has 9 heteroatoms. The van der Waals surface area contributed by atoms with Crippen molar-refractivity contribution < 1.29 is 22.7 Å². The summed E-state index contributed by atoms with van der Waals surface area (Å²) in [5.74, 6) is 0.549. The Morgan fingerprint density at radius 3 is 2.56 bits per heavy atom. The van der Waals surface area contributed by atoms with Gasteiger partial charge in [-0.15, -0.1) is 0 Å². The van der Waals surface area contributed by atoms with E-state index in [1.807, 2.05) is 0 Å². The maximum atomic E-state index is 12.8. The van der Waals surface area contributed by atoms with E-state index in [9.17, 15) is 13.2 Å². The highest BCUT2D eigenvalue weighted by atomic mass is 79.9. The smallest absolute Gasteiger partial charge is 0.251 e. The van der Waals surface area contributed by atoms with Gasteiger partial charge in [-0.2, -0.15) is 4.31 Å². The van der Waals surface area contributed by atoms with E-state index < -0.39 is 10.0 Å². The van der Waals surface area contributed by atoms with Gasteiger partial charge in [0, 0.05) is 32.8 Å². The van der Waals surface area contributed by atoms with Crippen LogP contribution >= 0.6 is 15.9 Å². The molecular weight excluding hydrogens is 412 g/mol. The minimum Gasteiger partial charge on any atom is -0.496 e. The van der Waals surface area contributed by atoms with Crippen molar-refractivity contribution in [1.29, 1.82) is 0 Å². The Labute approximate surface area is 156 Å². The quantitative estimate of drug-likeness (QED) is 0.719. The fourth-order valence-corrected chi connectivity index (χ4v) is 5.22. The van der Waals surface area contributed by atoms with Crippen LogP contribution in [-0.2, 0) is 19.6 Å². The number of carbonyl (C=O) groups is 1. The maximum absolute atomic E-state index is 12.8. The molecule has 0 spiro atoms. The Morgan fingerprint density at radius 2 is 2.00 bits per heavy atom. The molecule has 0 radical (unpaired) electrons. The molecule has 2 fully saturated rings. The van der Waals surface area contributed by atoms with Crippen LogP contribution in [0.25, 0.3) is 0 Å². The Bertz CT molecular complexity index is 741. The normalized spacial score (nSPS) is 22.2. The lowest BCUT2D eigenvalue weighted by Gasteiger charge is -2.35. The number of piperazine rings is 1. The minimum absolute atomic E-state index is 0.0262. The molecule has 0 N–H and O–H groups in total. The van der Waals surface area contributed by atoms with Gasteiger partial charge in [-0.05, 0) is 47.0 Å². The van der Waals surface area contributed by atoms with Crippen LogP contribution in [0.1, 0.15) is 12.8 Å². The van der Waals surface area contributed by atoms with Crippen LogP contribution in [0.2, 0.25) is 0 Å². The molecule has 1 unspecified atom stereocenters. The van der Waals surface area contributed by atoms with Gasteiger partial charge in [-0.25, -0.2) is 8.42 Å². The Hall–Kier alpha value is -1.16. The molecule has 7 nitrogen and oxygen atoms in total. The highest BCUT2D eigenvalue weighted by Gasteiger charge is 2.34. The monoisotopic (exact) mass is 432 g/mol. The number of nitrogens with zero attached hydrogens (tertiary/aromatic N) is 2. The van der Waals surface area contributed by atoms with E-state index in [0.717, 1.165) is 12.8 Å². The number of halogens is 1. The SMILES string of the molecule is COc1ccc(S(=O)(=O)N2CCN(C(=O)C3CCCO3)CC2)cc1Br. The van der Waals surface area contributed by atoms with Gasteiger partial charge in [0.15, 0.2) is 0 Å². The van der Waals surface area contributed by atoms with Gasteiger partial charge in [0.2, 0.25) is 10.0 Å². The van der Waals surface area contributed by atoms with Gasteiger partial charge in [0.1, 0.15) is 11.9 Å². The second-order valence-corrected chi connectivity index (χ2v) is 8.82. The average Bonchev–Trinajstić information content (AvgIpc) is 3.15. The van der Waals surface area contributed by atoms with Gasteiger partial charge in [0.05, 0.1) is 16.5 Å². The first-order valence-corrected chi connectivity index (χ1v) is 10.4. The number of carbonyl (C=O) groups excluding carboxylic acids is 1. The molecule has 25 heavy (non-hydrogen) atoms. The Kier molecular flexibility index (Phi) is 5.67. The van der Waals surface area contributed by atoms with Gasteiger partial charge in [-0.3, -0.25) is 4.79 Å². The largest absolute Gasteiger partial charge is 0.496 e. The summed E-state index contributed by atoms with van der Waals surface area (Å²) in [7, 11) is -2.07. The van der Waals surface area contributed by atoms with Crippen molar-refractivity contribution in [1.82, 2.24) is 9.21 Å². The summed E-state index contributed by atoms with van der Waals surface area (Å²) in [6, 6.07) is 4.69. The van der Waals surface area contributed by atoms with Crippen molar-refractivity contribution in [2.24, 2.45) is 0 Å². The number of benzene rings is 1. The van der Waals surface area contributed by atoms with Crippen LogP contribution in [0.15, 0.2) is 27.6 Å². The summed E-state index contributed by atoms with van der Waals surface area (Å²) in [5.41, 5.74) is 0. The van der Waals surface area contributed by atoms with Crippen LogP contribution in [-0.4, -0.2) is 69.5 Å². The third-order valence-corrected chi connectivity index (χ3v) is 7.03. The van der Waals surface area contributed by atoms with Gasteiger partial charge < -0.3 is 14.4 Å². The number of ether oxygens (including phenoxy) is 2. The number of amides is 1. The van der Waals surface area contributed by atoms with E-state index in [0.29, 0.717) is 29.9 Å². The summed E-state index contributed by atoms with van der Waals surface area (Å²) in [6.07, 6.45) is 1.29. The first-order valence-electron chi connectivity index (χ1n) is 8.17. The predicted octanol–water partition coefficient (Wildman–Crippen LogP) is 1.47. The topological polar surface area (TPSA) is 76.2 Å². The number of methoxy groups -OCH3 is 1. The second kappa shape index (κ2) is 7.61. The fraction of sp³-hybridized carbons (Fsp3) is 0.562. The molecule has 2 saturated heterocycles. The highest BCUT2D eigenvalue weighted by molar-refractivity contribution is 9.10. The summed E-state index contributed by atoms with van der Waals surface area (Å²) < 4.78 is 38.2. The fourth-order valence-electron chi connectivity index (χ4n) is 3.08. The number of hydrogen-bond acceptors (Lipinski definition) is 5. The average molecular weight is 433 g/mol. The molecule has 0 bridgehead atoms. The Morgan fingerprint density at radius 1 is 1.28 bits per heavy atom. The van der Waals surface area contributed by atoms with Crippen LogP contribution < -0.4 is 4.74 Å². The van der Waals surface area contributed by atoms with E-state index >= 15 is 0 Å². The molecule has 2 aliphatic heterocycles. The zero-order chi connectivity index (χ0) is 18.0. The van der Waals surface area contributed by atoms with Crippen LogP contribution in [0, 0.1) is 0 Å². The molecule has 1 aromatic carbocycles. The van der Waals surface area contributed by atoms with Crippen molar-refractivity contribution in [2.45, 2.75) is 23.8 Å². The summed E-state index contributed by atoms with van der Waals surface area (Å²) >= 11 is 3.32. The lowest BCUT2D eigenvalue weighted by Crippen LogP contribution is -2.52. The molecule has 2 aliphatic rings. The van der Waals surface area contributed by atoms with Crippen molar-refractivity contribution >= 4 is 31.9 Å². The van der Waals surface area contributed by atoms with Crippen molar-refractivity contribution in [2.75, 3.05) is 39.9 Å². The van der Waals surface area contributed by atoms with E-state index in [1.54, 1.807) is 11.0 Å². The van der Waals surface area contributed by atoms with Crippen LogP contribution in [0.4, 0.5) is 0 Å². The first-order chi connectivity index (χ1) is 11.9. The molecule has 0 aromatic heterocycles. The molecule has 1 atom stereocenters. The Balaban J connectivity index is 1.67. The molecule has 2 heterocycles. The second-order valence-electron chi connectivity index (χ2n) is 6.03. The zero-order valence-corrected chi connectivity index (χ0v) is 16.4. The maximum Gasteiger partial charge on any atom is 0.251 e. The van der Waals surface area contributed by atoms with Crippen molar-refractivity contribution in [3.05, 3.63) is 22.7 Å². The molecule has 0 aliphatic carbocycles. The van der Waals surface area contributed by atoms with E-state index in [1.165, 1.54) is 23.5 Å².